The van der Waals surface area contributed by atoms with E-state index in [1.807, 2.05) is 0 Å². The number of benzene rings is 2. The predicted molar refractivity (Wildman–Crippen MR) is 123 cm³/mol. The van der Waals surface area contributed by atoms with Crippen LogP contribution in [0.15, 0.2) is 51.7 Å². The number of carbonyl (C=O) groups is 3. The smallest absolute Gasteiger partial charge is 0.339 e. The van der Waals surface area contributed by atoms with Gasteiger partial charge in [0.2, 0.25) is 0 Å². The van der Waals surface area contributed by atoms with Crippen molar-refractivity contribution < 1.29 is 28.3 Å². The van der Waals surface area contributed by atoms with E-state index >= 15 is 0 Å². The summed E-state index contributed by atoms with van der Waals surface area (Å²) in [6.07, 6.45) is -1.000. The molecule has 0 spiro atoms. The van der Waals surface area contributed by atoms with Crippen LogP contribution < -0.4 is 15.7 Å². The molecule has 3 rings (SSSR count). The first kappa shape index (κ1) is 23.7. The third-order valence-electron chi connectivity index (χ3n) is 5.31. The second-order valence-corrected chi connectivity index (χ2v) is 7.61. The average molecular weight is 451 g/mol. The minimum absolute atomic E-state index is 0.0782. The van der Waals surface area contributed by atoms with Gasteiger partial charge in [-0.2, -0.15) is 0 Å². The van der Waals surface area contributed by atoms with Crippen molar-refractivity contribution in [2.24, 2.45) is 0 Å². The fourth-order valence-electron chi connectivity index (χ4n) is 3.36. The first-order valence-electron chi connectivity index (χ1n) is 10.4. The number of anilines is 1. The summed E-state index contributed by atoms with van der Waals surface area (Å²) in [5.74, 6) is -0.624. The molecule has 0 aliphatic heterocycles. The van der Waals surface area contributed by atoms with Gasteiger partial charge in [0.05, 0.1) is 7.11 Å². The van der Waals surface area contributed by atoms with Gasteiger partial charge in [0.15, 0.2) is 11.9 Å². The zero-order valence-electron chi connectivity index (χ0n) is 18.9. The number of hydrogen-bond acceptors (Lipinski definition) is 7. The molecule has 1 unspecified atom stereocenters. The minimum Gasteiger partial charge on any atom is -0.497 e. The molecule has 0 aliphatic rings. The maximum atomic E-state index is 12.4. The van der Waals surface area contributed by atoms with Crippen LogP contribution in [-0.2, 0) is 20.7 Å². The van der Waals surface area contributed by atoms with Gasteiger partial charge in [0.25, 0.3) is 5.91 Å². The molecule has 8 nitrogen and oxygen atoms in total. The van der Waals surface area contributed by atoms with Crippen LogP contribution >= 0.6 is 0 Å². The topological polar surface area (TPSA) is 112 Å². The number of methoxy groups -OCH3 is 1. The highest BCUT2D eigenvalue weighted by atomic mass is 16.5. The Morgan fingerprint density at radius 3 is 2.42 bits per heavy atom. The number of hydrogen-bond donors (Lipinski definition) is 1. The van der Waals surface area contributed by atoms with Crippen molar-refractivity contribution in [3.63, 3.8) is 0 Å². The Morgan fingerprint density at radius 2 is 1.79 bits per heavy atom. The van der Waals surface area contributed by atoms with E-state index in [-0.39, 0.29) is 18.6 Å². The first-order valence-corrected chi connectivity index (χ1v) is 10.4. The number of ketones is 1. The summed E-state index contributed by atoms with van der Waals surface area (Å²) in [4.78, 5) is 48.4. The highest BCUT2D eigenvalue weighted by Gasteiger charge is 2.19. The van der Waals surface area contributed by atoms with E-state index in [4.69, 9.17) is 13.9 Å². The Balaban J connectivity index is 1.60. The van der Waals surface area contributed by atoms with Crippen LogP contribution in [0, 0.1) is 6.92 Å². The molecule has 2 aromatic carbocycles. The van der Waals surface area contributed by atoms with Gasteiger partial charge in [-0.15, -0.1) is 0 Å². The molecular weight excluding hydrogens is 426 g/mol. The molecule has 1 atom stereocenters. The summed E-state index contributed by atoms with van der Waals surface area (Å²) in [5.41, 5.74) is 1.99. The zero-order valence-corrected chi connectivity index (χ0v) is 18.9. The van der Waals surface area contributed by atoms with Gasteiger partial charge in [0, 0.05) is 34.7 Å². The Morgan fingerprint density at radius 1 is 1.09 bits per heavy atom. The van der Waals surface area contributed by atoms with Crippen LogP contribution in [0.3, 0.4) is 0 Å². The molecule has 0 saturated carbocycles. The fourth-order valence-corrected chi connectivity index (χ4v) is 3.36. The lowest BCUT2D eigenvalue weighted by atomic mass is 10.0. The molecule has 0 saturated heterocycles. The summed E-state index contributed by atoms with van der Waals surface area (Å²) in [6, 6.07) is 11.6. The van der Waals surface area contributed by atoms with Gasteiger partial charge >= 0.3 is 11.6 Å². The van der Waals surface area contributed by atoms with E-state index < -0.39 is 23.6 Å². The maximum absolute atomic E-state index is 12.4. The third kappa shape index (κ3) is 5.65. The van der Waals surface area contributed by atoms with Crippen molar-refractivity contribution in [1.29, 1.82) is 0 Å². The van der Waals surface area contributed by atoms with Gasteiger partial charge in [-0.25, -0.2) is 4.79 Å². The van der Waals surface area contributed by atoms with Crippen LogP contribution in [0.25, 0.3) is 11.0 Å². The van der Waals surface area contributed by atoms with Crippen molar-refractivity contribution in [2.75, 3.05) is 12.4 Å². The average Bonchev–Trinajstić information content (AvgIpc) is 2.78. The van der Waals surface area contributed by atoms with Crippen molar-refractivity contribution in [1.82, 2.24) is 0 Å². The molecule has 1 amide bonds. The van der Waals surface area contributed by atoms with Gasteiger partial charge in [-0.1, -0.05) is 0 Å². The van der Waals surface area contributed by atoms with Gasteiger partial charge in [-0.05, 0) is 69.2 Å². The molecule has 1 N–H and O–H groups in total. The summed E-state index contributed by atoms with van der Waals surface area (Å²) < 4.78 is 15.7. The van der Waals surface area contributed by atoms with Crippen LogP contribution in [0.1, 0.15) is 41.8 Å². The number of fused-ring (bicyclic) bond motifs is 1. The van der Waals surface area contributed by atoms with E-state index in [9.17, 15) is 19.2 Å². The van der Waals surface area contributed by atoms with Gasteiger partial charge in [-0.3, -0.25) is 14.4 Å². The van der Waals surface area contributed by atoms with Crippen molar-refractivity contribution in [3.05, 3.63) is 69.6 Å². The lowest BCUT2D eigenvalue weighted by molar-refractivity contribution is -0.153. The molecule has 8 heteroatoms. The summed E-state index contributed by atoms with van der Waals surface area (Å²) in [5, 5.41) is 3.38. The first-order chi connectivity index (χ1) is 15.7. The highest BCUT2D eigenvalue weighted by Crippen LogP contribution is 2.24. The summed E-state index contributed by atoms with van der Waals surface area (Å²) >= 11 is 0. The number of esters is 1. The largest absolute Gasteiger partial charge is 0.497 e. The molecule has 172 valence electrons. The number of aryl methyl sites for hydroxylation is 1. The number of ether oxygens (including phenoxy) is 2. The van der Waals surface area contributed by atoms with Crippen molar-refractivity contribution in [3.8, 4) is 5.75 Å². The van der Waals surface area contributed by atoms with Crippen LogP contribution in [0.5, 0.6) is 5.75 Å². The SMILES string of the molecule is COc1ccc2c(C)c(CCC(=O)OC(C)C(=O)Nc3ccc(C(C)=O)cc3)c(=O)oc2c1. The quantitative estimate of drug-likeness (QED) is 0.315. The molecule has 0 bridgehead atoms. The lowest BCUT2D eigenvalue weighted by Gasteiger charge is -2.14. The van der Waals surface area contributed by atoms with Crippen LogP contribution in [0.2, 0.25) is 0 Å². The van der Waals surface area contributed by atoms with E-state index in [1.54, 1.807) is 49.4 Å². The molecule has 3 aromatic rings. The number of rotatable bonds is 8. The second-order valence-electron chi connectivity index (χ2n) is 7.61. The van der Waals surface area contributed by atoms with E-state index in [1.165, 1.54) is 21.0 Å². The maximum Gasteiger partial charge on any atom is 0.339 e. The zero-order chi connectivity index (χ0) is 24.1. The Hall–Kier alpha value is -3.94. The van der Waals surface area contributed by atoms with Crippen LogP contribution in [0.4, 0.5) is 5.69 Å². The number of carbonyl (C=O) groups excluding carboxylic acids is 3. The van der Waals surface area contributed by atoms with E-state index in [0.29, 0.717) is 28.1 Å². The molecule has 1 heterocycles. The van der Waals surface area contributed by atoms with Gasteiger partial charge in [0.1, 0.15) is 11.3 Å². The Labute approximate surface area is 190 Å². The summed E-state index contributed by atoms with van der Waals surface area (Å²) in [7, 11) is 1.53. The fraction of sp³-hybridized carbons (Fsp3) is 0.280. The molecular formula is C25H25NO7. The second kappa shape index (κ2) is 10.1. The predicted octanol–water partition coefficient (Wildman–Crippen LogP) is 3.82. The Kier molecular flexibility index (Phi) is 7.27. The standard InChI is InChI=1S/C25H25NO7/c1-14-20-10-9-19(31-4)13-22(20)33-25(30)21(14)11-12-23(28)32-16(3)24(29)26-18-7-5-17(6-8-18)15(2)27/h5-10,13,16H,11-12H2,1-4H3,(H,26,29). The lowest BCUT2D eigenvalue weighted by Crippen LogP contribution is -2.30. The van der Waals surface area contributed by atoms with Crippen molar-refractivity contribution in [2.45, 2.75) is 39.7 Å². The highest BCUT2D eigenvalue weighted by molar-refractivity contribution is 5.97. The van der Waals surface area contributed by atoms with Crippen molar-refractivity contribution >= 4 is 34.3 Å². The minimum atomic E-state index is -1.04. The van der Waals surface area contributed by atoms with E-state index in [2.05, 4.69) is 5.32 Å². The Bertz CT molecular complexity index is 1260. The molecule has 0 radical (unpaired) electrons. The summed E-state index contributed by atoms with van der Waals surface area (Å²) in [6.45, 7) is 4.70. The number of Topliss-reactive ketones (excluding diaryl/α,β-unsaturated/α-hetero) is 1. The number of nitrogens with one attached hydrogen (secondary N) is 1. The third-order valence-corrected chi connectivity index (χ3v) is 5.31. The monoisotopic (exact) mass is 451 g/mol. The van der Waals surface area contributed by atoms with Crippen LogP contribution in [-0.4, -0.2) is 30.9 Å². The molecule has 1 aromatic heterocycles. The molecule has 0 aliphatic carbocycles. The van der Waals surface area contributed by atoms with E-state index in [0.717, 1.165) is 10.9 Å². The normalized spacial score (nSPS) is 11.6. The molecule has 0 fully saturated rings. The molecule has 33 heavy (non-hydrogen) atoms. The van der Waals surface area contributed by atoms with Gasteiger partial charge < -0.3 is 19.2 Å². The number of amides is 1.